The Morgan fingerprint density at radius 1 is 0.897 bits per heavy atom. The van der Waals surface area contributed by atoms with Crippen molar-refractivity contribution in [2.75, 3.05) is 11.5 Å². The Bertz CT molecular complexity index is 1590. The standard InChI is InChI=1S/C31H24N2O5S/c34-28(21-9-12-26-22(15-21)14-20-4-1-2-6-25(20)26)18-38-31(37)19-7-10-23(11-8-19)33-29(35)16-27(30(33)36)32-17-24-5-3-13-39-24/h1-13,15,27,32H,14,16-18H2. The monoisotopic (exact) mass is 536 g/mol. The number of hydrogen-bond donors (Lipinski definition) is 1. The maximum Gasteiger partial charge on any atom is 0.338 e. The number of benzene rings is 3. The molecule has 2 aliphatic rings. The molecule has 39 heavy (non-hydrogen) atoms. The summed E-state index contributed by atoms with van der Waals surface area (Å²) in [4.78, 5) is 53.0. The number of carbonyl (C=O) groups is 4. The Morgan fingerprint density at radius 3 is 2.46 bits per heavy atom. The highest BCUT2D eigenvalue weighted by molar-refractivity contribution is 7.09. The second kappa shape index (κ2) is 10.4. The molecule has 1 atom stereocenters. The normalized spacial score (nSPS) is 15.8. The number of anilines is 1. The summed E-state index contributed by atoms with van der Waals surface area (Å²) in [5.41, 5.74) is 5.73. The summed E-state index contributed by atoms with van der Waals surface area (Å²) in [7, 11) is 0. The Labute approximate surface area is 229 Å². The fourth-order valence-electron chi connectivity index (χ4n) is 5.06. The molecule has 1 aliphatic heterocycles. The molecule has 1 N–H and O–H groups in total. The van der Waals surface area contributed by atoms with Crippen LogP contribution in [-0.2, 0) is 27.3 Å². The van der Waals surface area contributed by atoms with E-state index in [0.717, 1.165) is 27.3 Å². The predicted molar refractivity (Wildman–Crippen MR) is 148 cm³/mol. The number of rotatable bonds is 8. The van der Waals surface area contributed by atoms with Gasteiger partial charge in [-0.05, 0) is 70.5 Å². The number of esters is 1. The van der Waals surface area contributed by atoms with Gasteiger partial charge in [0, 0.05) is 17.0 Å². The fraction of sp³-hybridized carbons (Fsp3) is 0.161. The average Bonchev–Trinajstić information content (AvgIpc) is 3.67. The highest BCUT2D eigenvalue weighted by atomic mass is 32.1. The topological polar surface area (TPSA) is 92.8 Å². The number of ketones is 1. The summed E-state index contributed by atoms with van der Waals surface area (Å²) < 4.78 is 5.27. The molecule has 7 nitrogen and oxygen atoms in total. The molecule has 8 heteroatoms. The van der Waals surface area contributed by atoms with E-state index >= 15 is 0 Å². The zero-order valence-corrected chi connectivity index (χ0v) is 21.7. The van der Waals surface area contributed by atoms with Gasteiger partial charge in [-0.25, -0.2) is 9.69 Å². The van der Waals surface area contributed by atoms with Crippen LogP contribution in [0.1, 0.15) is 43.1 Å². The number of fused-ring (bicyclic) bond motifs is 3. The van der Waals surface area contributed by atoms with E-state index in [-0.39, 0.29) is 36.2 Å². The lowest BCUT2D eigenvalue weighted by Gasteiger charge is -2.16. The Morgan fingerprint density at radius 2 is 1.67 bits per heavy atom. The number of hydrogen-bond acceptors (Lipinski definition) is 7. The zero-order valence-electron chi connectivity index (χ0n) is 20.9. The lowest BCUT2D eigenvalue weighted by Crippen LogP contribution is -2.38. The van der Waals surface area contributed by atoms with Gasteiger partial charge < -0.3 is 10.1 Å². The third-order valence-corrected chi connectivity index (χ3v) is 7.94. The van der Waals surface area contributed by atoms with Crippen LogP contribution in [0, 0.1) is 0 Å². The minimum absolute atomic E-state index is 0.0743. The molecule has 0 bridgehead atoms. The maximum atomic E-state index is 12.9. The van der Waals surface area contributed by atoms with Gasteiger partial charge in [0.1, 0.15) is 0 Å². The number of carbonyl (C=O) groups excluding carboxylic acids is 4. The van der Waals surface area contributed by atoms with Crippen molar-refractivity contribution >= 4 is 40.6 Å². The molecule has 1 fully saturated rings. The van der Waals surface area contributed by atoms with Crippen molar-refractivity contribution in [2.45, 2.75) is 25.4 Å². The van der Waals surface area contributed by atoms with Gasteiger partial charge >= 0.3 is 5.97 Å². The quantitative estimate of drug-likeness (QED) is 0.174. The first kappa shape index (κ1) is 24.9. The van der Waals surface area contributed by atoms with Crippen LogP contribution < -0.4 is 10.2 Å². The van der Waals surface area contributed by atoms with Crippen molar-refractivity contribution in [3.8, 4) is 11.1 Å². The van der Waals surface area contributed by atoms with Crippen LogP contribution >= 0.6 is 11.3 Å². The van der Waals surface area contributed by atoms with Crippen molar-refractivity contribution in [1.29, 1.82) is 0 Å². The molecule has 0 saturated carbocycles. The van der Waals surface area contributed by atoms with Crippen molar-refractivity contribution in [3.63, 3.8) is 0 Å². The summed E-state index contributed by atoms with van der Waals surface area (Å²) in [6, 6.07) is 23.1. The molecule has 2 heterocycles. The van der Waals surface area contributed by atoms with Crippen molar-refractivity contribution in [3.05, 3.63) is 111 Å². The van der Waals surface area contributed by atoms with Crippen molar-refractivity contribution in [1.82, 2.24) is 5.32 Å². The zero-order chi connectivity index (χ0) is 26.9. The average molecular weight is 537 g/mol. The highest BCUT2D eigenvalue weighted by Gasteiger charge is 2.39. The maximum absolute atomic E-state index is 12.9. The van der Waals surface area contributed by atoms with Crippen molar-refractivity contribution in [2.24, 2.45) is 0 Å². The summed E-state index contributed by atoms with van der Waals surface area (Å²) in [5, 5.41) is 5.10. The smallest absolute Gasteiger partial charge is 0.338 e. The van der Waals surface area contributed by atoms with Gasteiger partial charge in [0.25, 0.3) is 5.91 Å². The minimum Gasteiger partial charge on any atom is -0.454 e. The molecule has 1 unspecified atom stereocenters. The van der Waals surface area contributed by atoms with Crippen molar-refractivity contribution < 1.29 is 23.9 Å². The largest absolute Gasteiger partial charge is 0.454 e. The number of thiophene rings is 1. The van der Waals surface area contributed by atoms with Crippen LogP contribution in [0.4, 0.5) is 5.69 Å². The predicted octanol–water partition coefficient (Wildman–Crippen LogP) is 4.78. The Kier molecular flexibility index (Phi) is 6.64. The molecule has 194 valence electrons. The number of ether oxygens (including phenoxy) is 1. The molecular formula is C31H24N2O5S. The van der Waals surface area contributed by atoms with E-state index in [4.69, 9.17) is 4.74 Å². The van der Waals surface area contributed by atoms with E-state index in [1.165, 1.54) is 35.4 Å². The number of nitrogens with one attached hydrogen (secondary N) is 1. The van der Waals surface area contributed by atoms with Crippen LogP contribution in [0.5, 0.6) is 0 Å². The van der Waals surface area contributed by atoms with Gasteiger partial charge in [0.2, 0.25) is 5.91 Å². The number of Topliss-reactive ketones (excluding diaryl/α,β-unsaturated/α-hetero) is 1. The molecule has 4 aromatic rings. The van der Waals surface area contributed by atoms with E-state index < -0.39 is 12.0 Å². The van der Waals surface area contributed by atoms with E-state index in [0.29, 0.717) is 17.8 Å². The minimum atomic E-state index is -0.655. The first-order chi connectivity index (χ1) is 19.0. The van der Waals surface area contributed by atoms with Crippen LogP contribution in [0.2, 0.25) is 0 Å². The van der Waals surface area contributed by atoms with Crippen LogP contribution in [-0.4, -0.2) is 36.2 Å². The van der Waals surface area contributed by atoms with E-state index in [9.17, 15) is 19.2 Å². The van der Waals surface area contributed by atoms with E-state index in [1.807, 2.05) is 41.8 Å². The molecule has 6 rings (SSSR count). The van der Waals surface area contributed by atoms with Gasteiger partial charge in [-0.15, -0.1) is 11.3 Å². The summed E-state index contributed by atoms with van der Waals surface area (Å²) in [6.07, 6.45) is 0.844. The third kappa shape index (κ3) is 4.92. The number of amides is 2. The fourth-order valence-corrected chi connectivity index (χ4v) is 5.72. The second-order valence-electron chi connectivity index (χ2n) is 9.54. The van der Waals surface area contributed by atoms with Gasteiger partial charge in [-0.1, -0.05) is 42.5 Å². The number of imide groups is 1. The van der Waals surface area contributed by atoms with Crippen LogP contribution in [0.15, 0.2) is 84.2 Å². The molecular weight excluding hydrogens is 512 g/mol. The molecule has 0 spiro atoms. The van der Waals surface area contributed by atoms with Gasteiger partial charge in [0.15, 0.2) is 12.4 Å². The lowest BCUT2D eigenvalue weighted by molar-refractivity contribution is -0.121. The van der Waals surface area contributed by atoms with Crippen LogP contribution in [0.3, 0.4) is 0 Å². The first-order valence-electron chi connectivity index (χ1n) is 12.6. The van der Waals surface area contributed by atoms with Crippen LogP contribution in [0.25, 0.3) is 11.1 Å². The van der Waals surface area contributed by atoms with Gasteiger partial charge in [-0.2, -0.15) is 0 Å². The lowest BCUT2D eigenvalue weighted by atomic mass is 10.0. The third-order valence-electron chi connectivity index (χ3n) is 7.06. The molecule has 2 amide bonds. The summed E-state index contributed by atoms with van der Waals surface area (Å²) >= 11 is 1.58. The molecule has 1 saturated heterocycles. The molecule has 0 radical (unpaired) electrons. The van der Waals surface area contributed by atoms with E-state index in [2.05, 4.69) is 17.4 Å². The highest BCUT2D eigenvalue weighted by Crippen LogP contribution is 2.36. The first-order valence-corrected chi connectivity index (χ1v) is 13.5. The summed E-state index contributed by atoms with van der Waals surface area (Å²) in [5.74, 6) is -1.57. The van der Waals surface area contributed by atoms with Gasteiger partial charge in [0.05, 0.1) is 23.7 Å². The second-order valence-corrected chi connectivity index (χ2v) is 10.6. The summed E-state index contributed by atoms with van der Waals surface area (Å²) in [6.45, 7) is 0.130. The number of nitrogens with zero attached hydrogens (tertiary/aromatic N) is 1. The van der Waals surface area contributed by atoms with E-state index in [1.54, 1.807) is 17.4 Å². The SMILES string of the molecule is O=C(COC(=O)c1ccc(N2C(=O)CC(NCc3cccs3)C2=O)cc1)c1ccc2c(c1)Cc1ccccc1-2. The molecule has 3 aromatic carbocycles. The molecule has 1 aliphatic carbocycles. The van der Waals surface area contributed by atoms with Gasteiger partial charge in [-0.3, -0.25) is 14.4 Å². The Balaban J connectivity index is 1.05. The Hall–Kier alpha value is -4.40. The molecule has 1 aromatic heterocycles.